The third-order valence-corrected chi connectivity index (χ3v) is 4.35. The Bertz CT molecular complexity index is 478. The number of halogens is 1. The number of nitrogens with zero attached hydrogens (tertiary/aromatic N) is 1. The molecule has 2 atom stereocenters. The monoisotopic (exact) mass is 327 g/mol. The van der Waals surface area contributed by atoms with Crippen molar-refractivity contribution in [2.24, 2.45) is 0 Å². The molecule has 2 unspecified atom stereocenters. The van der Waals surface area contributed by atoms with E-state index in [0.29, 0.717) is 19.5 Å². The van der Waals surface area contributed by atoms with Crippen molar-refractivity contribution in [3.05, 3.63) is 33.8 Å². The second-order valence-corrected chi connectivity index (χ2v) is 5.80. The number of carbonyl (C=O) groups is 1. The van der Waals surface area contributed by atoms with Gasteiger partial charge in [-0.3, -0.25) is 9.69 Å². The zero-order valence-electron chi connectivity index (χ0n) is 11.1. The average Bonchev–Trinajstić information content (AvgIpc) is 2.74. The number of β-amino-alcohol motifs (C(OH)–C–C–N with tert-alkyl or cyclic N) is 1. The molecule has 2 rings (SSSR count). The van der Waals surface area contributed by atoms with Crippen LogP contribution in [0.4, 0.5) is 0 Å². The molecule has 1 saturated heterocycles. The maximum absolute atomic E-state index is 11.7. The van der Waals surface area contributed by atoms with Crippen molar-refractivity contribution in [1.82, 2.24) is 4.90 Å². The Balaban J connectivity index is 2.12. The van der Waals surface area contributed by atoms with Gasteiger partial charge < -0.3 is 9.84 Å². The number of esters is 1. The maximum atomic E-state index is 11.7. The van der Waals surface area contributed by atoms with Crippen LogP contribution < -0.4 is 0 Å². The van der Waals surface area contributed by atoms with E-state index in [0.717, 1.165) is 15.6 Å². The summed E-state index contributed by atoms with van der Waals surface area (Å²) in [6, 6.07) is 5.77. The molecule has 1 fully saturated rings. The van der Waals surface area contributed by atoms with Crippen LogP contribution in [-0.4, -0.2) is 41.8 Å². The van der Waals surface area contributed by atoms with Crippen LogP contribution in [0.2, 0.25) is 0 Å². The standard InChI is InChI=1S/C14H18BrNO3/c1-9-5-10(3-4-12(9)15)7-16-8-11(17)6-13(16)14(18)19-2/h3-5,11,13,17H,6-8H2,1-2H3. The number of hydrogen-bond acceptors (Lipinski definition) is 4. The number of aliphatic hydroxyl groups excluding tert-OH is 1. The van der Waals surface area contributed by atoms with E-state index in [4.69, 9.17) is 4.74 Å². The van der Waals surface area contributed by atoms with Gasteiger partial charge in [-0.05, 0) is 24.1 Å². The van der Waals surface area contributed by atoms with E-state index < -0.39 is 6.10 Å². The number of methoxy groups -OCH3 is 1. The number of ether oxygens (including phenoxy) is 1. The molecule has 0 radical (unpaired) electrons. The van der Waals surface area contributed by atoms with Crippen LogP contribution in [-0.2, 0) is 16.1 Å². The number of carbonyl (C=O) groups excluding carboxylic acids is 1. The number of likely N-dealkylation sites (tertiary alicyclic amines) is 1. The summed E-state index contributed by atoms with van der Waals surface area (Å²) in [6.07, 6.45) is -0.0111. The summed E-state index contributed by atoms with van der Waals surface area (Å²) < 4.78 is 5.87. The molecule has 5 heteroatoms. The molecule has 1 aromatic carbocycles. The molecule has 0 spiro atoms. The number of hydrogen-bond donors (Lipinski definition) is 1. The Labute approximate surface area is 121 Å². The van der Waals surface area contributed by atoms with Gasteiger partial charge in [-0.2, -0.15) is 0 Å². The molecule has 4 nitrogen and oxygen atoms in total. The predicted octanol–water partition coefficient (Wildman–Crippen LogP) is 1.87. The highest BCUT2D eigenvalue weighted by Crippen LogP contribution is 2.23. The highest BCUT2D eigenvalue weighted by atomic mass is 79.9. The van der Waals surface area contributed by atoms with Gasteiger partial charge in [0, 0.05) is 24.0 Å². The molecule has 0 saturated carbocycles. The van der Waals surface area contributed by atoms with Crippen LogP contribution in [0, 0.1) is 6.92 Å². The van der Waals surface area contributed by atoms with Gasteiger partial charge in [0.1, 0.15) is 6.04 Å². The Morgan fingerprint density at radius 3 is 2.95 bits per heavy atom. The minimum absolute atomic E-state index is 0.273. The first kappa shape index (κ1) is 14.5. The Morgan fingerprint density at radius 2 is 2.32 bits per heavy atom. The zero-order chi connectivity index (χ0) is 14.0. The summed E-state index contributed by atoms with van der Waals surface area (Å²) in [5, 5.41) is 9.73. The fourth-order valence-electron chi connectivity index (χ4n) is 2.47. The van der Waals surface area contributed by atoms with Gasteiger partial charge in [0.25, 0.3) is 0 Å². The molecule has 0 bridgehead atoms. The van der Waals surface area contributed by atoms with E-state index in [1.165, 1.54) is 7.11 Å². The van der Waals surface area contributed by atoms with Crippen molar-refractivity contribution in [3.8, 4) is 0 Å². The number of aryl methyl sites for hydroxylation is 1. The number of benzene rings is 1. The van der Waals surface area contributed by atoms with Crippen LogP contribution >= 0.6 is 15.9 Å². The zero-order valence-corrected chi connectivity index (χ0v) is 12.7. The molecule has 104 valence electrons. The van der Waals surface area contributed by atoms with Gasteiger partial charge >= 0.3 is 5.97 Å². The summed E-state index contributed by atoms with van der Waals surface area (Å²) >= 11 is 3.47. The fourth-order valence-corrected chi connectivity index (χ4v) is 2.72. The molecule has 0 amide bonds. The largest absolute Gasteiger partial charge is 0.468 e. The van der Waals surface area contributed by atoms with Crippen LogP contribution in [0.25, 0.3) is 0 Å². The molecule has 1 N–H and O–H groups in total. The summed E-state index contributed by atoms with van der Waals surface area (Å²) in [4.78, 5) is 13.7. The summed E-state index contributed by atoms with van der Waals surface area (Å²) in [7, 11) is 1.38. The average molecular weight is 328 g/mol. The van der Waals surface area contributed by atoms with Crippen molar-refractivity contribution in [2.45, 2.75) is 32.0 Å². The van der Waals surface area contributed by atoms with Crippen LogP contribution in [0.1, 0.15) is 17.5 Å². The van der Waals surface area contributed by atoms with E-state index in [1.54, 1.807) is 0 Å². The SMILES string of the molecule is COC(=O)C1CC(O)CN1Cc1ccc(Br)c(C)c1. The lowest BCUT2D eigenvalue weighted by molar-refractivity contribution is -0.146. The van der Waals surface area contributed by atoms with Crippen LogP contribution in [0.5, 0.6) is 0 Å². The predicted molar refractivity (Wildman–Crippen MR) is 75.7 cm³/mol. The molecule has 19 heavy (non-hydrogen) atoms. The first-order chi connectivity index (χ1) is 9.01. The smallest absolute Gasteiger partial charge is 0.323 e. The third-order valence-electron chi connectivity index (χ3n) is 3.46. The molecule has 1 aromatic rings. The molecular weight excluding hydrogens is 310 g/mol. The molecular formula is C14H18BrNO3. The van der Waals surface area contributed by atoms with Crippen molar-refractivity contribution < 1.29 is 14.6 Å². The minimum atomic E-state index is -0.458. The number of rotatable bonds is 3. The summed E-state index contributed by atoms with van der Waals surface area (Å²) in [6.45, 7) is 3.18. The van der Waals surface area contributed by atoms with Gasteiger partial charge in [-0.1, -0.05) is 28.1 Å². The molecule has 1 aliphatic rings. The second-order valence-electron chi connectivity index (χ2n) is 4.94. The van der Waals surface area contributed by atoms with Gasteiger partial charge in [0.15, 0.2) is 0 Å². The fraction of sp³-hybridized carbons (Fsp3) is 0.500. The van der Waals surface area contributed by atoms with E-state index in [-0.39, 0.29) is 12.0 Å². The van der Waals surface area contributed by atoms with E-state index in [2.05, 4.69) is 22.0 Å². The quantitative estimate of drug-likeness (QED) is 0.861. The lowest BCUT2D eigenvalue weighted by Crippen LogP contribution is -2.36. The Kier molecular flexibility index (Phi) is 4.60. The highest BCUT2D eigenvalue weighted by Gasteiger charge is 2.36. The van der Waals surface area contributed by atoms with Gasteiger partial charge in [0.2, 0.25) is 0 Å². The van der Waals surface area contributed by atoms with Crippen LogP contribution in [0.3, 0.4) is 0 Å². The number of aliphatic hydroxyl groups is 1. The molecule has 0 aliphatic carbocycles. The summed E-state index contributed by atoms with van der Waals surface area (Å²) in [5.41, 5.74) is 2.29. The first-order valence-electron chi connectivity index (χ1n) is 6.26. The van der Waals surface area contributed by atoms with E-state index in [9.17, 15) is 9.90 Å². The minimum Gasteiger partial charge on any atom is -0.468 e. The molecule has 0 aromatic heterocycles. The van der Waals surface area contributed by atoms with Crippen molar-refractivity contribution in [1.29, 1.82) is 0 Å². The Morgan fingerprint density at radius 1 is 1.58 bits per heavy atom. The molecule has 1 aliphatic heterocycles. The maximum Gasteiger partial charge on any atom is 0.323 e. The van der Waals surface area contributed by atoms with Crippen molar-refractivity contribution >= 4 is 21.9 Å². The third kappa shape index (κ3) is 3.35. The second kappa shape index (κ2) is 6.03. The molecule has 1 heterocycles. The van der Waals surface area contributed by atoms with E-state index >= 15 is 0 Å². The highest BCUT2D eigenvalue weighted by molar-refractivity contribution is 9.10. The Hall–Kier alpha value is -0.910. The van der Waals surface area contributed by atoms with Gasteiger partial charge in [0.05, 0.1) is 13.2 Å². The van der Waals surface area contributed by atoms with Crippen molar-refractivity contribution in [2.75, 3.05) is 13.7 Å². The van der Waals surface area contributed by atoms with Gasteiger partial charge in [-0.15, -0.1) is 0 Å². The van der Waals surface area contributed by atoms with E-state index in [1.807, 2.05) is 24.0 Å². The van der Waals surface area contributed by atoms with Crippen molar-refractivity contribution in [3.63, 3.8) is 0 Å². The van der Waals surface area contributed by atoms with Crippen LogP contribution in [0.15, 0.2) is 22.7 Å². The normalized spacial score (nSPS) is 23.6. The lowest BCUT2D eigenvalue weighted by atomic mass is 10.1. The first-order valence-corrected chi connectivity index (χ1v) is 7.05. The lowest BCUT2D eigenvalue weighted by Gasteiger charge is -2.22. The van der Waals surface area contributed by atoms with Gasteiger partial charge in [-0.25, -0.2) is 0 Å². The summed E-state index contributed by atoms with van der Waals surface area (Å²) in [5.74, 6) is -0.273. The topological polar surface area (TPSA) is 49.8 Å².